The lowest BCUT2D eigenvalue weighted by Gasteiger charge is -2.19. The molecule has 0 aliphatic rings. The molecule has 2 rings (SSSR count). The van der Waals surface area contributed by atoms with Crippen molar-refractivity contribution in [3.8, 4) is 5.75 Å². The predicted molar refractivity (Wildman–Crippen MR) is 114 cm³/mol. The Labute approximate surface area is 167 Å². The van der Waals surface area contributed by atoms with E-state index in [1.165, 1.54) is 4.90 Å². The number of guanidine groups is 1. The van der Waals surface area contributed by atoms with Crippen molar-refractivity contribution in [3.63, 3.8) is 0 Å². The summed E-state index contributed by atoms with van der Waals surface area (Å²) in [5, 5.41) is 6.65. The van der Waals surface area contributed by atoms with Crippen molar-refractivity contribution < 1.29 is 9.53 Å². The van der Waals surface area contributed by atoms with Gasteiger partial charge >= 0.3 is 0 Å². The van der Waals surface area contributed by atoms with Gasteiger partial charge in [-0.1, -0.05) is 48.5 Å². The molecule has 0 saturated carbocycles. The first-order chi connectivity index (χ1) is 13.6. The number of carbonyl (C=O) groups excluding carboxylic acids is 1. The molecule has 0 heterocycles. The Bertz CT molecular complexity index is 733. The van der Waals surface area contributed by atoms with Gasteiger partial charge in [0.1, 0.15) is 12.3 Å². The van der Waals surface area contributed by atoms with Crippen molar-refractivity contribution in [2.24, 2.45) is 4.99 Å². The summed E-state index contributed by atoms with van der Waals surface area (Å²) < 4.78 is 5.71. The van der Waals surface area contributed by atoms with Crippen molar-refractivity contribution in [2.45, 2.75) is 19.4 Å². The van der Waals surface area contributed by atoms with Crippen LogP contribution in [0.25, 0.3) is 0 Å². The van der Waals surface area contributed by atoms with Crippen LogP contribution in [0.4, 0.5) is 0 Å². The molecule has 1 unspecified atom stereocenters. The van der Waals surface area contributed by atoms with Crippen LogP contribution < -0.4 is 15.4 Å². The van der Waals surface area contributed by atoms with Crippen LogP contribution in [0.1, 0.15) is 24.9 Å². The molecule has 0 bridgehead atoms. The fraction of sp³-hybridized carbons (Fsp3) is 0.364. The molecule has 0 aromatic heterocycles. The summed E-state index contributed by atoms with van der Waals surface area (Å²) in [6.07, 6.45) is 0.816. The Balaban J connectivity index is 1.86. The maximum Gasteiger partial charge on any atom is 0.243 e. The molecule has 0 fully saturated rings. The van der Waals surface area contributed by atoms with Gasteiger partial charge in [-0.05, 0) is 31.0 Å². The maximum absolute atomic E-state index is 11.9. The second-order valence-corrected chi connectivity index (χ2v) is 6.67. The van der Waals surface area contributed by atoms with Crippen LogP contribution in [0, 0.1) is 0 Å². The van der Waals surface area contributed by atoms with Crippen molar-refractivity contribution in [2.75, 3.05) is 33.8 Å². The highest BCUT2D eigenvalue weighted by atomic mass is 16.5. The Kier molecular flexibility index (Phi) is 8.85. The van der Waals surface area contributed by atoms with Crippen molar-refractivity contribution in [1.29, 1.82) is 0 Å². The fourth-order valence-electron chi connectivity index (χ4n) is 2.46. The number of aliphatic imine (C=N–C) groups is 1. The zero-order valence-electron chi connectivity index (χ0n) is 16.9. The molecule has 0 aliphatic heterocycles. The molecule has 28 heavy (non-hydrogen) atoms. The molecule has 6 nitrogen and oxygen atoms in total. The molecule has 6 heteroatoms. The molecular formula is C22H30N4O2. The van der Waals surface area contributed by atoms with E-state index in [-0.39, 0.29) is 18.5 Å². The standard InChI is InChI=1S/C22H30N4O2/c1-18(19-11-6-4-7-12-19)25-22(24-17-21(27)26(2)3)23-15-10-16-28-20-13-8-5-9-14-20/h4-9,11-14,18H,10,15-17H2,1-3H3,(H2,23,24,25). The molecule has 2 aromatic carbocycles. The van der Waals surface area contributed by atoms with Gasteiger partial charge in [0.25, 0.3) is 0 Å². The molecule has 0 aliphatic carbocycles. The number of para-hydroxylation sites is 1. The molecule has 0 spiro atoms. The summed E-state index contributed by atoms with van der Waals surface area (Å²) >= 11 is 0. The number of nitrogens with zero attached hydrogens (tertiary/aromatic N) is 2. The van der Waals surface area contributed by atoms with Crippen LogP contribution in [-0.2, 0) is 4.79 Å². The largest absolute Gasteiger partial charge is 0.494 e. The number of benzene rings is 2. The van der Waals surface area contributed by atoms with Gasteiger partial charge < -0.3 is 20.3 Å². The predicted octanol–water partition coefficient (Wildman–Crippen LogP) is 2.84. The first-order valence-corrected chi connectivity index (χ1v) is 9.54. The minimum atomic E-state index is -0.0409. The van der Waals surface area contributed by atoms with E-state index in [0.29, 0.717) is 19.1 Å². The van der Waals surface area contributed by atoms with Crippen LogP contribution >= 0.6 is 0 Å². The van der Waals surface area contributed by atoms with Crippen molar-refractivity contribution in [1.82, 2.24) is 15.5 Å². The van der Waals surface area contributed by atoms with E-state index in [0.717, 1.165) is 17.7 Å². The summed E-state index contributed by atoms with van der Waals surface area (Å²) in [6.45, 7) is 3.47. The zero-order valence-corrected chi connectivity index (χ0v) is 16.9. The first kappa shape index (κ1) is 21.3. The minimum Gasteiger partial charge on any atom is -0.494 e. The van der Waals surface area contributed by atoms with Crippen LogP contribution in [0.5, 0.6) is 5.75 Å². The number of rotatable bonds is 9. The van der Waals surface area contributed by atoms with Gasteiger partial charge in [-0.2, -0.15) is 0 Å². The van der Waals surface area contributed by atoms with Crippen LogP contribution in [-0.4, -0.2) is 50.6 Å². The quantitative estimate of drug-likeness (QED) is 0.398. The highest BCUT2D eigenvalue weighted by Gasteiger charge is 2.09. The number of carbonyl (C=O) groups is 1. The minimum absolute atomic E-state index is 0.0409. The van der Waals surface area contributed by atoms with Gasteiger partial charge in [-0.3, -0.25) is 4.79 Å². The molecule has 2 aromatic rings. The van der Waals surface area contributed by atoms with Gasteiger partial charge in [-0.15, -0.1) is 0 Å². The highest BCUT2D eigenvalue weighted by molar-refractivity contribution is 5.85. The Morgan fingerprint density at radius 2 is 1.71 bits per heavy atom. The van der Waals surface area contributed by atoms with Crippen LogP contribution in [0.15, 0.2) is 65.7 Å². The monoisotopic (exact) mass is 382 g/mol. The lowest BCUT2D eigenvalue weighted by atomic mass is 10.1. The van der Waals surface area contributed by atoms with Gasteiger partial charge in [0.15, 0.2) is 5.96 Å². The number of amides is 1. The molecule has 0 radical (unpaired) electrons. The fourth-order valence-corrected chi connectivity index (χ4v) is 2.46. The van der Waals surface area contributed by atoms with E-state index in [9.17, 15) is 4.79 Å². The van der Waals surface area contributed by atoms with E-state index < -0.39 is 0 Å². The maximum atomic E-state index is 11.9. The summed E-state index contributed by atoms with van der Waals surface area (Å²) in [5.74, 6) is 1.44. The molecule has 150 valence electrons. The van der Waals surface area contributed by atoms with Crippen molar-refractivity contribution in [3.05, 3.63) is 66.2 Å². The van der Waals surface area contributed by atoms with E-state index in [4.69, 9.17) is 4.74 Å². The van der Waals surface area contributed by atoms with E-state index >= 15 is 0 Å². The lowest BCUT2D eigenvalue weighted by molar-refractivity contribution is -0.127. The topological polar surface area (TPSA) is 66.0 Å². The first-order valence-electron chi connectivity index (χ1n) is 9.54. The third-order valence-electron chi connectivity index (χ3n) is 4.15. The number of likely N-dealkylation sites (N-methyl/N-ethyl adjacent to an activating group) is 1. The summed E-state index contributed by atoms with van der Waals surface area (Å²) in [7, 11) is 3.46. The number of nitrogens with one attached hydrogen (secondary N) is 2. The van der Waals surface area contributed by atoms with Gasteiger partial charge in [0, 0.05) is 20.6 Å². The number of ether oxygens (including phenoxy) is 1. The highest BCUT2D eigenvalue weighted by Crippen LogP contribution is 2.11. The van der Waals surface area contributed by atoms with E-state index in [2.05, 4.69) is 34.7 Å². The molecular weight excluding hydrogens is 352 g/mol. The average molecular weight is 383 g/mol. The second kappa shape index (κ2) is 11.6. The Hall–Kier alpha value is -3.02. The normalized spacial score (nSPS) is 12.2. The molecule has 0 saturated heterocycles. The SMILES string of the molecule is CC(NC(=NCC(=O)N(C)C)NCCCOc1ccccc1)c1ccccc1. The van der Waals surface area contributed by atoms with Crippen LogP contribution in [0.3, 0.4) is 0 Å². The second-order valence-electron chi connectivity index (χ2n) is 6.67. The van der Waals surface area contributed by atoms with Gasteiger partial charge in [0.05, 0.1) is 12.6 Å². The van der Waals surface area contributed by atoms with Gasteiger partial charge in [0.2, 0.25) is 5.91 Å². The number of hydrogen-bond acceptors (Lipinski definition) is 3. The van der Waals surface area contributed by atoms with Crippen molar-refractivity contribution >= 4 is 11.9 Å². The zero-order chi connectivity index (χ0) is 20.2. The Morgan fingerprint density at radius 3 is 2.36 bits per heavy atom. The van der Waals surface area contributed by atoms with Crippen LogP contribution in [0.2, 0.25) is 0 Å². The third-order valence-corrected chi connectivity index (χ3v) is 4.15. The van der Waals surface area contributed by atoms with E-state index in [1.807, 2.05) is 48.5 Å². The molecule has 2 N–H and O–H groups in total. The van der Waals surface area contributed by atoms with Gasteiger partial charge in [-0.25, -0.2) is 4.99 Å². The third kappa shape index (κ3) is 7.70. The summed E-state index contributed by atoms with van der Waals surface area (Å²) in [6, 6.07) is 20.0. The number of hydrogen-bond donors (Lipinski definition) is 2. The summed E-state index contributed by atoms with van der Waals surface area (Å²) in [5.41, 5.74) is 1.16. The Morgan fingerprint density at radius 1 is 1.07 bits per heavy atom. The molecule has 1 amide bonds. The van der Waals surface area contributed by atoms with E-state index in [1.54, 1.807) is 14.1 Å². The average Bonchev–Trinajstić information content (AvgIpc) is 2.72. The summed E-state index contributed by atoms with van der Waals surface area (Å²) in [4.78, 5) is 17.8. The smallest absolute Gasteiger partial charge is 0.243 e. The lowest BCUT2D eigenvalue weighted by Crippen LogP contribution is -2.40. The molecule has 1 atom stereocenters.